The van der Waals surface area contributed by atoms with E-state index in [2.05, 4.69) is 12.2 Å². The Morgan fingerprint density at radius 1 is 1.39 bits per heavy atom. The van der Waals surface area contributed by atoms with Crippen LogP contribution in [-0.4, -0.2) is 30.7 Å². The molecule has 1 fully saturated rings. The number of primary amides is 1. The van der Waals surface area contributed by atoms with Crippen LogP contribution in [0.5, 0.6) is 0 Å². The fraction of sp³-hybridized carbons (Fsp3) is 0.929. The average molecular weight is 256 g/mol. The predicted molar refractivity (Wildman–Crippen MR) is 73.3 cm³/mol. The van der Waals surface area contributed by atoms with Gasteiger partial charge in [-0.05, 0) is 51.5 Å². The molecule has 1 saturated carbocycles. The van der Waals surface area contributed by atoms with Gasteiger partial charge in [0.15, 0.2) is 0 Å². The summed E-state index contributed by atoms with van der Waals surface area (Å²) < 4.78 is 5.88. The largest absolute Gasteiger partial charge is 0.378 e. The Hall–Kier alpha value is -0.610. The monoisotopic (exact) mass is 256 g/mol. The van der Waals surface area contributed by atoms with Crippen molar-refractivity contribution in [2.24, 2.45) is 11.7 Å². The van der Waals surface area contributed by atoms with E-state index < -0.39 is 5.54 Å². The van der Waals surface area contributed by atoms with Gasteiger partial charge in [-0.25, -0.2) is 0 Å². The zero-order chi connectivity index (χ0) is 13.6. The normalized spacial score (nSPS) is 27.7. The molecule has 18 heavy (non-hydrogen) atoms. The minimum absolute atomic E-state index is 0.301. The van der Waals surface area contributed by atoms with Gasteiger partial charge in [-0.15, -0.1) is 0 Å². The summed E-state index contributed by atoms with van der Waals surface area (Å²) >= 11 is 0. The minimum atomic E-state index is -0.642. The van der Waals surface area contributed by atoms with E-state index in [-0.39, 0.29) is 5.91 Å². The number of nitrogens with one attached hydrogen (secondary N) is 1. The van der Waals surface area contributed by atoms with Crippen molar-refractivity contribution in [1.29, 1.82) is 0 Å². The van der Waals surface area contributed by atoms with Crippen LogP contribution < -0.4 is 11.1 Å². The van der Waals surface area contributed by atoms with Crippen molar-refractivity contribution in [1.82, 2.24) is 5.32 Å². The van der Waals surface area contributed by atoms with Crippen molar-refractivity contribution in [3.63, 3.8) is 0 Å². The molecule has 0 heterocycles. The highest BCUT2D eigenvalue weighted by Gasteiger charge is 2.30. The van der Waals surface area contributed by atoms with Crippen molar-refractivity contribution < 1.29 is 9.53 Å². The molecule has 0 aromatic carbocycles. The first-order valence-electron chi connectivity index (χ1n) is 7.14. The molecule has 0 saturated heterocycles. The van der Waals surface area contributed by atoms with E-state index in [1.165, 1.54) is 12.8 Å². The molecular formula is C14H28N2O2. The zero-order valence-corrected chi connectivity index (χ0v) is 12.0. The maximum Gasteiger partial charge on any atom is 0.237 e. The standard InChI is InChI=1S/C14H28N2O2/c1-4-16-14(3,13(15)17)9-10-18-12-7-5-11(2)6-8-12/h11-12,16H,4-10H2,1-3H3,(H2,15,17). The number of hydrogen-bond donors (Lipinski definition) is 2. The van der Waals surface area contributed by atoms with E-state index in [1.807, 2.05) is 13.8 Å². The lowest BCUT2D eigenvalue weighted by atomic mass is 9.89. The number of rotatable bonds is 7. The highest BCUT2D eigenvalue weighted by Crippen LogP contribution is 2.25. The highest BCUT2D eigenvalue weighted by atomic mass is 16.5. The molecule has 1 atom stereocenters. The molecule has 4 heteroatoms. The van der Waals surface area contributed by atoms with Crippen LogP contribution >= 0.6 is 0 Å². The number of nitrogens with two attached hydrogens (primary N) is 1. The van der Waals surface area contributed by atoms with Gasteiger partial charge in [-0.3, -0.25) is 4.79 Å². The van der Waals surface area contributed by atoms with E-state index in [1.54, 1.807) is 0 Å². The molecule has 1 rings (SSSR count). The van der Waals surface area contributed by atoms with Crippen LogP contribution in [0.3, 0.4) is 0 Å². The summed E-state index contributed by atoms with van der Waals surface area (Å²) in [6.07, 6.45) is 5.82. The van der Waals surface area contributed by atoms with Crippen LogP contribution in [0.1, 0.15) is 52.9 Å². The zero-order valence-electron chi connectivity index (χ0n) is 12.0. The third-order valence-corrected chi connectivity index (χ3v) is 4.03. The predicted octanol–water partition coefficient (Wildman–Crippen LogP) is 1.83. The highest BCUT2D eigenvalue weighted by molar-refractivity contribution is 5.84. The van der Waals surface area contributed by atoms with Crippen LogP contribution in [0.4, 0.5) is 0 Å². The Labute approximate surface area is 111 Å². The summed E-state index contributed by atoms with van der Waals surface area (Å²) in [5.41, 5.74) is 4.80. The molecule has 1 aliphatic rings. The molecule has 106 valence electrons. The second-order valence-corrected chi connectivity index (χ2v) is 5.73. The van der Waals surface area contributed by atoms with Gasteiger partial charge in [-0.2, -0.15) is 0 Å². The summed E-state index contributed by atoms with van der Waals surface area (Å²) in [4.78, 5) is 11.4. The van der Waals surface area contributed by atoms with Gasteiger partial charge in [0.1, 0.15) is 0 Å². The lowest BCUT2D eigenvalue weighted by molar-refractivity contribution is -0.125. The molecule has 4 nitrogen and oxygen atoms in total. The Kier molecular flexibility index (Phi) is 6.09. The first-order valence-corrected chi connectivity index (χ1v) is 7.14. The van der Waals surface area contributed by atoms with Crippen LogP contribution in [0.2, 0.25) is 0 Å². The molecule has 1 amide bonds. The molecular weight excluding hydrogens is 228 g/mol. The molecule has 0 spiro atoms. The molecule has 0 bridgehead atoms. The van der Waals surface area contributed by atoms with Gasteiger partial charge < -0.3 is 15.8 Å². The van der Waals surface area contributed by atoms with E-state index in [0.717, 1.165) is 25.3 Å². The summed E-state index contributed by atoms with van der Waals surface area (Å²) in [6.45, 7) is 7.47. The van der Waals surface area contributed by atoms with E-state index in [0.29, 0.717) is 19.1 Å². The fourth-order valence-corrected chi connectivity index (χ4v) is 2.51. The third-order valence-electron chi connectivity index (χ3n) is 4.03. The van der Waals surface area contributed by atoms with E-state index in [9.17, 15) is 4.79 Å². The second-order valence-electron chi connectivity index (χ2n) is 5.73. The average Bonchev–Trinajstić information content (AvgIpc) is 2.32. The smallest absolute Gasteiger partial charge is 0.237 e. The maximum absolute atomic E-state index is 11.4. The van der Waals surface area contributed by atoms with Gasteiger partial charge in [0.2, 0.25) is 5.91 Å². The number of amides is 1. The number of carbonyl (C=O) groups is 1. The Bertz CT molecular complexity index is 263. The minimum Gasteiger partial charge on any atom is -0.378 e. The topological polar surface area (TPSA) is 64.3 Å². The Morgan fingerprint density at radius 2 is 2.00 bits per heavy atom. The van der Waals surface area contributed by atoms with Crippen molar-refractivity contribution in [3.05, 3.63) is 0 Å². The lowest BCUT2D eigenvalue weighted by Crippen LogP contribution is -2.53. The summed E-state index contributed by atoms with van der Waals surface area (Å²) in [7, 11) is 0. The fourth-order valence-electron chi connectivity index (χ4n) is 2.51. The number of ether oxygens (including phenoxy) is 1. The molecule has 1 unspecified atom stereocenters. The Balaban J connectivity index is 2.28. The summed E-state index contributed by atoms with van der Waals surface area (Å²) in [6, 6.07) is 0. The van der Waals surface area contributed by atoms with Gasteiger partial charge in [0.25, 0.3) is 0 Å². The third kappa shape index (κ3) is 4.58. The van der Waals surface area contributed by atoms with Crippen LogP contribution in [-0.2, 0) is 9.53 Å². The van der Waals surface area contributed by atoms with Gasteiger partial charge in [-0.1, -0.05) is 13.8 Å². The number of hydrogen-bond acceptors (Lipinski definition) is 3. The van der Waals surface area contributed by atoms with Crippen molar-refractivity contribution in [2.75, 3.05) is 13.2 Å². The summed E-state index contributed by atoms with van der Waals surface area (Å²) in [5.74, 6) is 0.535. The molecule has 1 aliphatic carbocycles. The van der Waals surface area contributed by atoms with Gasteiger partial charge in [0, 0.05) is 6.61 Å². The van der Waals surface area contributed by atoms with Crippen LogP contribution in [0.15, 0.2) is 0 Å². The van der Waals surface area contributed by atoms with Crippen molar-refractivity contribution >= 4 is 5.91 Å². The number of likely N-dealkylation sites (N-methyl/N-ethyl adjacent to an activating group) is 1. The molecule has 0 radical (unpaired) electrons. The molecule has 0 aromatic rings. The quantitative estimate of drug-likeness (QED) is 0.730. The molecule has 3 N–H and O–H groups in total. The maximum atomic E-state index is 11.4. The van der Waals surface area contributed by atoms with Gasteiger partial charge in [0.05, 0.1) is 11.6 Å². The van der Waals surface area contributed by atoms with Crippen LogP contribution in [0.25, 0.3) is 0 Å². The SMILES string of the molecule is CCNC(C)(CCOC1CCC(C)CC1)C(N)=O. The van der Waals surface area contributed by atoms with Crippen molar-refractivity contribution in [2.45, 2.75) is 64.5 Å². The number of carbonyl (C=O) groups excluding carboxylic acids is 1. The molecule has 0 aromatic heterocycles. The molecule has 0 aliphatic heterocycles. The van der Waals surface area contributed by atoms with E-state index >= 15 is 0 Å². The Morgan fingerprint density at radius 3 is 2.50 bits per heavy atom. The second kappa shape index (κ2) is 7.10. The van der Waals surface area contributed by atoms with E-state index in [4.69, 9.17) is 10.5 Å². The van der Waals surface area contributed by atoms with Crippen LogP contribution in [0, 0.1) is 5.92 Å². The van der Waals surface area contributed by atoms with Crippen molar-refractivity contribution in [3.8, 4) is 0 Å². The van der Waals surface area contributed by atoms with Gasteiger partial charge >= 0.3 is 0 Å². The lowest BCUT2D eigenvalue weighted by Gasteiger charge is -2.30. The summed E-state index contributed by atoms with van der Waals surface area (Å²) in [5, 5.41) is 3.15. The first-order chi connectivity index (χ1) is 8.48. The first kappa shape index (κ1) is 15.4.